The molecule has 8 nitrogen and oxygen atoms in total. The van der Waals surface area contributed by atoms with E-state index >= 15 is 0 Å². The molecule has 66 heavy (non-hydrogen) atoms. The van der Waals surface area contributed by atoms with Crippen molar-refractivity contribution < 1.29 is 4.42 Å². The van der Waals surface area contributed by atoms with Crippen LogP contribution in [0.4, 0.5) is 85.3 Å². The molecule has 0 fully saturated rings. The van der Waals surface area contributed by atoms with Crippen LogP contribution in [0.3, 0.4) is 0 Å². The molecule has 1 aromatic heterocycles. The summed E-state index contributed by atoms with van der Waals surface area (Å²) >= 11 is 0. The third kappa shape index (κ3) is 5.61. The number of nitrogens with zero attached hydrogens (tertiary/aromatic N) is 7. The lowest BCUT2D eigenvalue weighted by Gasteiger charge is -2.44. The van der Waals surface area contributed by atoms with Crippen LogP contribution in [0.2, 0.25) is 0 Å². The molecule has 0 saturated carbocycles. The van der Waals surface area contributed by atoms with Gasteiger partial charge in [-0.3, -0.25) is 0 Å². The Hall–Kier alpha value is -8.75. The first-order valence-corrected chi connectivity index (χ1v) is 22.3. The van der Waals surface area contributed by atoms with Crippen LogP contribution in [-0.4, -0.2) is 26.1 Å². The maximum atomic E-state index is 6.43. The zero-order valence-corrected chi connectivity index (χ0v) is 36.7. The van der Waals surface area contributed by atoms with E-state index in [1.807, 2.05) is 24.3 Å². The third-order valence-electron chi connectivity index (χ3n) is 13.4. The van der Waals surface area contributed by atoms with Gasteiger partial charge in [0.25, 0.3) is 0 Å². The summed E-state index contributed by atoms with van der Waals surface area (Å²) in [6.45, 7) is 0. The Morgan fingerprint density at radius 2 is 0.652 bits per heavy atom. The molecule has 3 aliphatic rings. The zero-order valence-electron chi connectivity index (χ0n) is 36.7. The summed E-state index contributed by atoms with van der Waals surface area (Å²) < 4.78 is 6.43. The van der Waals surface area contributed by atoms with Crippen molar-refractivity contribution in [3.8, 4) is 22.6 Å². The van der Waals surface area contributed by atoms with Crippen LogP contribution in [0, 0.1) is 0 Å². The van der Waals surface area contributed by atoms with Gasteiger partial charge in [-0.25, -0.2) is 4.98 Å². The van der Waals surface area contributed by atoms with Gasteiger partial charge in [-0.2, -0.15) is 0 Å². The number of rotatable bonds is 5. The van der Waals surface area contributed by atoms with Crippen molar-refractivity contribution >= 4 is 96.4 Å². The molecular weight excluding hydrogens is 811 g/mol. The average molecular weight is 854 g/mol. The molecule has 0 unspecified atom stereocenters. The smallest absolute Gasteiger partial charge is 0.227 e. The maximum Gasteiger partial charge on any atom is 0.227 e. The predicted octanol–water partition coefficient (Wildman–Crippen LogP) is 15.8. The number of hydrogen-bond donors (Lipinski definition) is 0. The van der Waals surface area contributed by atoms with Crippen LogP contribution in [0.25, 0.3) is 33.7 Å². The quantitative estimate of drug-likeness (QED) is 0.170. The Kier molecular flexibility index (Phi) is 8.39. The van der Waals surface area contributed by atoms with Crippen LogP contribution in [0.15, 0.2) is 211 Å². The largest absolute Gasteiger partial charge is 0.436 e. The number of aromatic nitrogens is 1. The normalized spacial score (nSPS) is 13.5. The summed E-state index contributed by atoms with van der Waals surface area (Å²) in [7, 11) is 6.49. The van der Waals surface area contributed by atoms with E-state index < -0.39 is 0 Å². The lowest BCUT2D eigenvalue weighted by molar-refractivity contribution is 0.620. The molecule has 8 heteroatoms. The highest BCUT2D eigenvalue weighted by Gasteiger charge is 2.37. The van der Waals surface area contributed by atoms with Crippen molar-refractivity contribution in [2.75, 3.05) is 50.5 Å². The highest BCUT2D eigenvalue weighted by atomic mass is 16.3. The fraction of sp³-hybridized carbons (Fsp3) is 0.0517. The summed E-state index contributed by atoms with van der Waals surface area (Å²) in [6, 6.07) is 73.8. The number of benzene rings is 9. The van der Waals surface area contributed by atoms with Gasteiger partial charge in [-0.15, -0.1) is 0 Å². The Morgan fingerprint density at radius 3 is 1.08 bits per heavy atom. The second-order valence-electron chi connectivity index (χ2n) is 17.0. The van der Waals surface area contributed by atoms with E-state index in [2.05, 4.69) is 233 Å². The number of anilines is 15. The molecule has 0 spiro atoms. The molecule has 0 N–H and O–H groups in total. The van der Waals surface area contributed by atoms with Gasteiger partial charge < -0.3 is 33.8 Å². The van der Waals surface area contributed by atoms with Gasteiger partial charge in [0.1, 0.15) is 5.52 Å². The minimum atomic E-state index is 0.583. The lowest BCUT2D eigenvalue weighted by atomic mass is 9.95. The van der Waals surface area contributed by atoms with E-state index in [1.54, 1.807) is 0 Å². The molecule has 0 saturated heterocycles. The van der Waals surface area contributed by atoms with Crippen LogP contribution in [-0.2, 0) is 0 Å². The Balaban J connectivity index is 1.17. The van der Waals surface area contributed by atoms with Crippen LogP contribution < -0.4 is 29.4 Å². The second kappa shape index (κ2) is 14.7. The predicted molar refractivity (Wildman–Crippen MR) is 273 cm³/mol. The van der Waals surface area contributed by atoms with E-state index in [4.69, 9.17) is 9.40 Å². The van der Waals surface area contributed by atoms with E-state index in [0.717, 1.165) is 113 Å². The molecule has 0 aliphatic carbocycles. The molecule has 0 amide bonds. The van der Waals surface area contributed by atoms with Crippen molar-refractivity contribution in [2.24, 2.45) is 0 Å². The molecule has 0 atom stereocenters. The van der Waals surface area contributed by atoms with Gasteiger partial charge in [-0.05, 0) is 115 Å². The number of hydrogen-bond acceptors (Lipinski definition) is 8. The highest BCUT2D eigenvalue weighted by molar-refractivity contribution is 6.09. The van der Waals surface area contributed by atoms with Crippen LogP contribution in [0.5, 0.6) is 0 Å². The van der Waals surface area contributed by atoms with Crippen molar-refractivity contribution in [1.29, 1.82) is 0 Å². The molecule has 13 rings (SSSR count). The average Bonchev–Trinajstić information content (AvgIpc) is 3.82. The first-order chi connectivity index (χ1) is 32.5. The minimum absolute atomic E-state index is 0.583. The topological polar surface area (TPSA) is 45.5 Å². The van der Waals surface area contributed by atoms with Crippen molar-refractivity contribution in [3.05, 3.63) is 206 Å². The molecule has 0 bridgehead atoms. The summed E-state index contributed by atoms with van der Waals surface area (Å²) in [5.41, 5.74) is 20.9. The van der Waals surface area contributed by atoms with E-state index in [1.165, 1.54) is 0 Å². The number of para-hydroxylation sites is 14. The first kappa shape index (κ1) is 37.8. The zero-order chi connectivity index (χ0) is 44.0. The molecular formula is C58H43N7O. The Morgan fingerprint density at radius 1 is 0.303 bits per heavy atom. The van der Waals surface area contributed by atoms with E-state index in [9.17, 15) is 0 Å². The van der Waals surface area contributed by atoms with Crippen LogP contribution >= 0.6 is 0 Å². The first-order valence-electron chi connectivity index (χ1n) is 22.3. The SMILES string of the molecule is CN1c2ccccc2N(c2cc(N3c4ccccc4N(C)c4ccccc43)c(N3c4ccccc4N(C)c4ccccc43)cc2-c2cccc(-c3nc4ccccc4o3)c2)c2ccccc21. The van der Waals surface area contributed by atoms with Gasteiger partial charge in [-0.1, -0.05) is 97.1 Å². The summed E-state index contributed by atoms with van der Waals surface area (Å²) in [5.74, 6) is 0.583. The maximum absolute atomic E-state index is 6.43. The molecule has 316 valence electrons. The number of oxazole rings is 1. The molecule has 0 radical (unpaired) electrons. The Labute approximate surface area is 383 Å². The molecule has 10 aromatic rings. The monoisotopic (exact) mass is 853 g/mol. The van der Waals surface area contributed by atoms with Crippen molar-refractivity contribution in [1.82, 2.24) is 4.98 Å². The summed E-state index contributed by atoms with van der Waals surface area (Å²) in [5, 5.41) is 0. The van der Waals surface area contributed by atoms with Gasteiger partial charge in [0, 0.05) is 32.3 Å². The highest BCUT2D eigenvalue weighted by Crippen LogP contribution is 2.61. The van der Waals surface area contributed by atoms with Gasteiger partial charge >= 0.3 is 0 Å². The lowest BCUT2D eigenvalue weighted by Crippen LogP contribution is -2.28. The van der Waals surface area contributed by atoms with E-state index in [0.29, 0.717) is 5.89 Å². The van der Waals surface area contributed by atoms with Crippen molar-refractivity contribution in [2.45, 2.75) is 0 Å². The van der Waals surface area contributed by atoms with Crippen molar-refractivity contribution in [3.63, 3.8) is 0 Å². The fourth-order valence-corrected chi connectivity index (χ4v) is 10.3. The summed E-state index contributed by atoms with van der Waals surface area (Å²) in [6.07, 6.45) is 0. The summed E-state index contributed by atoms with van der Waals surface area (Å²) in [4.78, 5) is 19.3. The van der Waals surface area contributed by atoms with Gasteiger partial charge in [0.2, 0.25) is 5.89 Å². The van der Waals surface area contributed by atoms with Gasteiger partial charge in [0.15, 0.2) is 5.58 Å². The third-order valence-corrected chi connectivity index (χ3v) is 13.4. The molecule has 4 heterocycles. The Bertz CT molecular complexity index is 3380. The molecule has 9 aromatic carbocycles. The fourth-order valence-electron chi connectivity index (χ4n) is 10.3. The van der Waals surface area contributed by atoms with E-state index in [-0.39, 0.29) is 0 Å². The minimum Gasteiger partial charge on any atom is -0.436 e. The number of fused-ring (bicyclic) bond motifs is 7. The standard InChI is InChI=1S/C58H43N7O/c1-60-42-22-5-11-28-48(42)63(49-29-12-6-23-43(49)60)54-37-56(65-52-32-15-9-26-46(52)62(3)47-27-10-16-33-53(47)65)55(64-50-30-13-7-24-44(50)61(2)45-25-8-14-31-51(45)64)36-40(54)38-19-18-20-39(35-38)58-59-41-21-4-17-34-57(41)66-58/h4-37H,1-3H3. The van der Waals surface area contributed by atoms with Gasteiger partial charge in [0.05, 0.1) is 85.3 Å². The second-order valence-corrected chi connectivity index (χ2v) is 17.0. The van der Waals surface area contributed by atoms with Crippen LogP contribution in [0.1, 0.15) is 0 Å². The molecule has 3 aliphatic heterocycles.